The lowest BCUT2D eigenvalue weighted by Crippen LogP contribution is -2.40. The van der Waals surface area contributed by atoms with Crippen molar-refractivity contribution in [1.82, 2.24) is 10.2 Å². The van der Waals surface area contributed by atoms with Gasteiger partial charge in [-0.25, -0.2) is 0 Å². The molecule has 2 aromatic rings. The lowest BCUT2D eigenvalue weighted by atomic mass is 10.0. The molecule has 1 aliphatic heterocycles. The predicted octanol–water partition coefficient (Wildman–Crippen LogP) is 1.48. The molecule has 0 saturated carbocycles. The number of halogens is 1. The molecule has 0 aliphatic carbocycles. The van der Waals surface area contributed by atoms with E-state index in [1.165, 1.54) is 0 Å². The van der Waals surface area contributed by atoms with E-state index < -0.39 is 0 Å². The van der Waals surface area contributed by atoms with Crippen molar-refractivity contribution < 1.29 is 9.59 Å². The van der Waals surface area contributed by atoms with E-state index in [2.05, 4.69) is 5.32 Å². The monoisotopic (exact) mass is 347 g/mol. The molecule has 2 aromatic carbocycles. The molecule has 5 nitrogen and oxygen atoms in total. The van der Waals surface area contributed by atoms with Crippen LogP contribution in [0.2, 0.25) is 0 Å². The van der Waals surface area contributed by atoms with E-state index in [-0.39, 0.29) is 43.2 Å². The van der Waals surface area contributed by atoms with Crippen LogP contribution in [0.1, 0.15) is 12.0 Å². The quantitative estimate of drug-likeness (QED) is 0.879. The first kappa shape index (κ1) is 18.2. The summed E-state index contributed by atoms with van der Waals surface area (Å²) in [6.45, 7) is 1.30. The maximum absolute atomic E-state index is 12.1. The van der Waals surface area contributed by atoms with Gasteiger partial charge in [0.05, 0.1) is 13.0 Å². The summed E-state index contributed by atoms with van der Waals surface area (Å²) >= 11 is 0. The third kappa shape index (κ3) is 4.24. The summed E-state index contributed by atoms with van der Waals surface area (Å²) in [7, 11) is 0. The van der Waals surface area contributed by atoms with Crippen LogP contribution in [0.25, 0.3) is 10.8 Å². The highest BCUT2D eigenvalue weighted by Crippen LogP contribution is 2.18. The van der Waals surface area contributed by atoms with Crippen LogP contribution in [0, 0.1) is 0 Å². The second kappa shape index (κ2) is 8.13. The van der Waals surface area contributed by atoms with Crippen LogP contribution in [0.5, 0.6) is 0 Å². The number of carbonyl (C=O) groups excluding carboxylic acids is 2. The average Bonchev–Trinajstić information content (AvgIpc) is 2.99. The highest BCUT2D eigenvalue weighted by molar-refractivity contribution is 5.91. The number of hydrogen-bond donors (Lipinski definition) is 2. The second-order valence-corrected chi connectivity index (χ2v) is 5.98. The van der Waals surface area contributed by atoms with Gasteiger partial charge in [0.25, 0.3) is 0 Å². The van der Waals surface area contributed by atoms with Crippen molar-refractivity contribution in [3.63, 3.8) is 0 Å². The lowest BCUT2D eigenvalue weighted by Gasteiger charge is -2.16. The molecule has 3 rings (SSSR count). The van der Waals surface area contributed by atoms with Gasteiger partial charge < -0.3 is 16.0 Å². The molecule has 2 amide bonds. The Bertz CT molecular complexity index is 730. The number of amides is 2. The number of hydrogen-bond acceptors (Lipinski definition) is 3. The van der Waals surface area contributed by atoms with Crippen molar-refractivity contribution in [1.29, 1.82) is 0 Å². The van der Waals surface area contributed by atoms with Crippen LogP contribution in [0.3, 0.4) is 0 Å². The summed E-state index contributed by atoms with van der Waals surface area (Å²) in [5.74, 6) is -0.206. The molecule has 1 aliphatic rings. The number of likely N-dealkylation sites (tertiary alicyclic amines) is 1. The van der Waals surface area contributed by atoms with E-state index in [1.54, 1.807) is 4.90 Å². The van der Waals surface area contributed by atoms with Crippen LogP contribution >= 0.6 is 12.4 Å². The highest BCUT2D eigenvalue weighted by atomic mass is 35.5. The molecule has 1 heterocycles. The van der Waals surface area contributed by atoms with Gasteiger partial charge in [0, 0.05) is 19.1 Å². The Hall–Kier alpha value is -2.11. The molecule has 24 heavy (non-hydrogen) atoms. The van der Waals surface area contributed by atoms with Crippen molar-refractivity contribution in [3.05, 3.63) is 48.0 Å². The fraction of sp³-hybridized carbons (Fsp3) is 0.333. The maximum atomic E-state index is 12.1. The Kier molecular flexibility index (Phi) is 6.17. The van der Waals surface area contributed by atoms with Crippen molar-refractivity contribution in [3.8, 4) is 0 Å². The number of benzene rings is 2. The zero-order chi connectivity index (χ0) is 16.2. The van der Waals surface area contributed by atoms with Crippen LogP contribution in [-0.2, 0) is 16.0 Å². The third-order valence-electron chi connectivity index (χ3n) is 4.25. The molecular weight excluding hydrogens is 326 g/mol. The Balaban J connectivity index is 0.00000208. The minimum absolute atomic E-state index is 0. The standard InChI is InChI=1S/C18H21N3O2.ClH/c19-15-8-9-21(12-15)18(23)11-20-17(22)10-14-6-3-5-13-4-1-2-7-16(13)14;/h1-7,15H,8-12,19H2,(H,20,22);1H/t15-;/m1./s1. The number of nitrogens with two attached hydrogens (primary N) is 1. The van der Waals surface area contributed by atoms with Crippen molar-refractivity contribution in [2.24, 2.45) is 5.73 Å². The van der Waals surface area contributed by atoms with Crippen LogP contribution in [0.15, 0.2) is 42.5 Å². The number of nitrogens with zero attached hydrogens (tertiary/aromatic N) is 1. The summed E-state index contributed by atoms with van der Waals surface area (Å²) in [5, 5.41) is 4.90. The average molecular weight is 348 g/mol. The zero-order valence-electron chi connectivity index (χ0n) is 13.4. The molecule has 6 heteroatoms. The second-order valence-electron chi connectivity index (χ2n) is 5.98. The molecule has 0 radical (unpaired) electrons. The fourth-order valence-corrected chi connectivity index (χ4v) is 2.98. The number of carbonyl (C=O) groups is 2. The van der Waals surface area contributed by atoms with E-state index in [4.69, 9.17) is 5.73 Å². The van der Waals surface area contributed by atoms with Gasteiger partial charge in [0.2, 0.25) is 11.8 Å². The molecule has 1 fully saturated rings. The fourth-order valence-electron chi connectivity index (χ4n) is 2.98. The topological polar surface area (TPSA) is 75.4 Å². The third-order valence-corrected chi connectivity index (χ3v) is 4.25. The summed E-state index contributed by atoms with van der Waals surface area (Å²) in [5.41, 5.74) is 6.76. The van der Waals surface area contributed by atoms with Crippen molar-refractivity contribution >= 4 is 35.0 Å². The molecule has 0 unspecified atom stereocenters. The first-order chi connectivity index (χ1) is 11.1. The molecular formula is C18H22ClN3O2. The molecule has 1 atom stereocenters. The molecule has 0 spiro atoms. The van der Waals surface area contributed by atoms with Gasteiger partial charge in [-0.2, -0.15) is 0 Å². The van der Waals surface area contributed by atoms with Crippen LogP contribution in [0.4, 0.5) is 0 Å². The number of fused-ring (bicyclic) bond motifs is 1. The Morgan fingerprint density at radius 1 is 1.17 bits per heavy atom. The number of rotatable bonds is 4. The first-order valence-electron chi connectivity index (χ1n) is 7.90. The minimum atomic E-state index is -0.141. The lowest BCUT2D eigenvalue weighted by molar-refractivity contribution is -0.131. The van der Waals surface area contributed by atoms with Gasteiger partial charge >= 0.3 is 0 Å². The van der Waals surface area contributed by atoms with E-state index in [0.717, 1.165) is 22.8 Å². The van der Waals surface area contributed by atoms with E-state index in [0.29, 0.717) is 13.1 Å². The van der Waals surface area contributed by atoms with E-state index >= 15 is 0 Å². The summed E-state index contributed by atoms with van der Waals surface area (Å²) in [6, 6.07) is 14.0. The minimum Gasteiger partial charge on any atom is -0.347 e. The van der Waals surface area contributed by atoms with Gasteiger partial charge in [0.15, 0.2) is 0 Å². The van der Waals surface area contributed by atoms with Gasteiger partial charge in [-0.3, -0.25) is 9.59 Å². The van der Waals surface area contributed by atoms with Crippen molar-refractivity contribution in [2.45, 2.75) is 18.9 Å². The Labute approximate surface area is 147 Å². The number of nitrogens with one attached hydrogen (secondary N) is 1. The highest BCUT2D eigenvalue weighted by Gasteiger charge is 2.23. The van der Waals surface area contributed by atoms with Gasteiger partial charge in [-0.15, -0.1) is 12.4 Å². The SMILES string of the molecule is Cl.N[C@@H]1CCN(C(=O)CNC(=O)Cc2cccc3ccccc23)C1. The molecule has 3 N–H and O–H groups in total. The summed E-state index contributed by atoms with van der Waals surface area (Å²) < 4.78 is 0. The maximum Gasteiger partial charge on any atom is 0.242 e. The van der Waals surface area contributed by atoms with Crippen molar-refractivity contribution in [2.75, 3.05) is 19.6 Å². The zero-order valence-corrected chi connectivity index (χ0v) is 14.2. The van der Waals surface area contributed by atoms with Gasteiger partial charge in [-0.05, 0) is 22.8 Å². The summed E-state index contributed by atoms with van der Waals surface area (Å²) in [6.07, 6.45) is 1.10. The molecule has 0 aromatic heterocycles. The van der Waals surface area contributed by atoms with Crippen LogP contribution in [-0.4, -0.2) is 42.4 Å². The van der Waals surface area contributed by atoms with Gasteiger partial charge in [-0.1, -0.05) is 42.5 Å². The van der Waals surface area contributed by atoms with E-state index in [1.807, 2.05) is 42.5 Å². The predicted molar refractivity (Wildman–Crippen MR) is 97.1 cm³/mol. The Morgan fingerprint density at radius 2 is 1.92 bits per heavy atom. The Morgan fingerprint density at radius 3 is 2.67 bits per heavy atom. The first-order valence-corrected chi connectivity index (χ1v) is 7.90. The molecule has 1 saturated heterocycles. The van der Waals surface area contributed by atoms with E-state index in [9.17, 15) is 9.59 Å². The summed E-state index contributed by atoms with van der Waals surface area (Å²) in [4.78, 5) is 25.9. The molecule has 128 valence electrons. The largest absolute Gasteiger partial charge is 0.347 e. The van der Waals surface area contributed by atoms with Crippen LogP contribution < -0.4 is 11.1 Å². The smallest absolute Gasteiger partial charge is 0.242 e. The molecule has 0 bridgehead atoms. The normalized spacial score (nSPS) is 16.7. The van der Waals surface area contributed by atoms with Gasteiger partial charge in [0.1, 0.15) is 0 Å².